The molecule has 0 saturated carbocycles. The number of hydrogen-bond donors (Lipinski definition) is 0. The maximum atomic E-state index is 12.0. The largest absolute Gasteiger partial charge is 0.465 e. The third kappa shape index (κ3) is 3.23. The van der Waals surface area contributed by atoms with Crippen molar-refractivity contribution in [2.24, 2.45) is 5.92 Å². The number of carbonyl (C=O) groups excluding carboxylic acids is 1. The highest BCUT2D eigenvalue weighted by atomic mass is 16.5. The quantitative estimate of drug-likeness (QED) is 0.794. The van der Waals surface area contributed by atoms with Crippen LogP contribution < -0.4 is 0 Å². The molecule has 0 radical (unpaired) electrons. The van der Waals surface area contributed by atoms with E-state index in [4.69, 9.17) is 4.74 Å². The van der Waals surface area contributed by atoms with Crippen LogP contribution >= 0.6 is 0 Å². The molecule has 0 amide bonds. The normalized spacial score (nSPS) is 10.6. The maximum Gasteiger partial charge on any atom is 0.340 e. The Morgan fingerprint density at radius 1 is 1.25 bits per heavy atom. The number of ether oxygens (including phenoxy) is 1. The topological polar surface area (TPSA) is 39.2 Å². The molecule has 0 bridgehead atoms. The molecular formula is C17H19NO2. The van der Waals surface area contributed by atoms with Crippen molar-refractivity contribution in [3.05, 3.63) is 53.7 Å². The minimum absolute atomic E-state index is 0.345. The number of esters is 1. The molecule has 3 heteroatoms. The Hall–Kier alpha value is -2.16. The molecule has 1 aromatic carbocycles. The van der Waals surface area contributed by atoms with Gasteiger partial charge < -0.3 is 4.74 Å². The van der Waals surface area contributed by atoms with Crippen LogP contribution in [0.5, 0.6) is 0 Å². The van der Waals surface area contributed by atoms with Crippen LogP contribution in [0.2, 0.25) is 0 Å². The Bertz CT molecular complexity index is 591. The highest BCUT2D eigenvalue weighted by Crippen LogP contribution is 2.23. The monoisotopic (exact) mass is 269 g/mol. The molecule has 0 aliphatic heterocycles. The van der Waals surface area contributed by atoms with Gasteiger partial charge in [0.25, 0.3) is 0 Å². The van der Waals surface area contributed by atoms with Gasteiger partial charge in [-0.05, 0) is 24.0 Å². The van der Waals surface area contributed by atoms with E-state index < -0.39 is 0 Å². The minimum Gasteiger partial charge on any atom is -0.465 e. The molecule has 0 aliphatic carbocycles. The van der Waals surface area contributed by atoms with Crippen molar-refractivity contribution in [3.8, 4) is 11.3 Å². The Kier molecular flexibility index (Phi) is 4.51. The van der Waals surface area contributed by atoms with E-state index in [1.54, 1.807) is 0 Å². The van der Waals surface area contributed by atoms with Gasteiger partial charge >= 0.3 is 5.97 Å². The number of pyridine rings is 1. The van der Waals surface area contributed by atoms with Gasteiger partial charge in [-0.3, -0.25) is 4.98 Å². The molecule has 1 aromatic heterocycles. The fraction of sp³-hybridized carbons (Fsp3) is 0.294. The number of methoxy groups -OCH3 is 1. The van der Waals surface area contributed by atoms with E-state index in [-0.39, 0.29) is 5.97 Å². The number of rotatable bonds is 4. The van der Waals surface area contributed by atoms with Gasteiger partial charge in [0.1, 0.15) is 0 Å². The van der Waals surface area contributed by atoms with E-state index in [9.17, 15) is 4.79 Å². The van der Waals surface area contributed by atoms with E-state index in [2.05, 4.69) is 18.8 Å². The first-order valence-corrected chi connectivity index (χ1v) is 6.74. The summed E-state index contributed by atoms with van der Waals surface area (Å²) in [5, 5.41) is 0. The highest BCUT2D eigenvalue weighted by Gasteiger charge is 2.16. The van der Waals surface area contributed by atoms with Gasteiger partial charge in [0.2, 0.25) is 0 Å². The Balaban J connectivity index is 2.49. The number of aromatic nitrogens is 1. The number of benzene rings is 1. The first kappa shape index (κ1) is 14.3. The fourth-order valence-electron chi connectivity index (χ4n) is 2.18. The molecule has 0 aliphatic rings. The van der Waals surface area contributed by atoms with Crippen LogP contribution in [0.15, 0.2) is 42.6 Å². The average Bonchev–Trinajstić information content (AvgIpc) is 2.46. The van der Waals surface area contributed by atoms with Crippen LogP contribution in [-0.4, -0.2) is 18.1 Å². The third-order valence-electron chi connectivity index (χ3n) is 3.04. The molecule has 2 rings (SSSR count). The van der Waals surface area contributed by atoms with E-state index in [0.717, 1.165) is 17.5 Å². The van der Waals surface area contributed by atoms with E-state index >= 15 is 0 Å². The van der Waals surface area contributed by atoms with Crippen molar-refractivity contribution in [3.63, 3.8) is 0 Å². The highest BCUT2D eigenvalue weighted by molar-refractivity contribution is 5.96. The number of nitrogens with zero attached hydrogens (tertiary/aromatic N) is 1. The number of carbonyl (C=O) groups is 1. The lowest BCUT2D eigenvalue weighted by Crippen LogP contribution is -2.07. The first-order valence-electron chi connectivity index (χ1n) is 6.74. The molecule has 1 heterocycles. The molecule has 0 atom stereocenters. The Morgan fingerprint density at radius 3 is 2.55 bits per heavy atom. The second-order valence-corrected chi connectivity index (χ2v) is 5.20. The van der Waals surface area contributed by atoms with Crippen LogP contribution in [0, 0.1) is 5.92 Å². The molecule has 0 saturated heterocycles. The van der Waals surface area contributed by atoms with Crippen LogP contribution in [0.3, 0.4) is 0 Å². The summed E-state index contributed by atoms with van der Waals surface area (Å²) in [6.45, 7) is 4.28. The van der Waals surface area contributed by atoms with Crippen LogP contribution in [0.25, 0.3) is 11.3 Å². The summed E-state index contributed by atoms with van der Waals surface area (Å²) < 4.78 is 4.88. The molecule has 20 heavy (non-hydrogen) atoms. The zero-order valence-corrected chi connectivity index (χ0v) is 12.1. The standard InChI is InChI=1S/C17H19NO2/c1-12(2)9-13-10-15(17(19)20-3)16(18-11-13)14-7-5-4-6-8-14/h4-8,10-12H,9H2,1-3H3. The van der Waals surface area contributed by atoms with Gasteiger partial charge in [0.15, 0.2) is 0 Å². The summed E-state index contributed by atoms with van der Waals surface area (Å²) in [7, 11) is 1.40. The summed E-state index contributed by atoms with van der Waals surface area (Å²) in [6.07, 6.45) is 2.74. The Morgan fingerprint density at radius 2 is 1.95 bits per heavy atom. The molecule has 0 fully saturated rings. The average molecular weight is 269 g/mol. The van der Waals surface area contributed by atoms with Crippen molar-refractivity contribution in [1.82, 2.24) is 4.98 Å². The summed E-state index contributed by atoms with van der Waals surface area (Å²) in [4.78, 5) is 16.5. The van der Waals surface area contributed by atoms with Crippen LogP contribution in [0.1, 0.15) is 29.8 Å². The van der Waals surface area contributed by atoms with E-state index in [1.165, 1.54) is 7.11 Å². The molecule has 104 valence electrons. The summed E-state index contributed by atoms with van der Waals surface area (Å²) in [5.74, 6) is 0.173. The molecule has 0 spiro atoms. The minimum atomic E-state index is -0.345. The van der Waals surface area contributed by atoms with Crippen LogP contribution in [0.4, 0.5) is 0 Å². The van der Waals surface area contributed by atoms with Crippen molar-refractivity contribution in [1.29, 1.82) is 0 Å². The summed E-state index contributed by atoms with van der Waals surface area (Å²) in [5.41, 5.74) is 3.17. The van der Waals surface area contributed by atoms with Gasteiger partial charge in [-0.2, -0.15) is 0 Å². The lowest BCUT2D eigenvalue weighted by molar-refractivity contribution is 0.0601. The molecule has 0 unspecified atom stereocenters. The van der Waals surface area contributed by atoms with Gasteiger partial charge in [-0.25, -0.2) is 4.79 Å². The van der Waals surface area contributed by atoms with Crippen molar-refractivity contribution < 1.29 is 9.53 Å². The van der Waals surface area contributed by atoms with Gasteiger partial charge in [-0.1, -0.05) is 44.2 Å². The van der Waals surface area contributed by atoms with E-state index in [1.807, 2.05) is 42.6 Å². The lowest BCUT2D eigenvalue weighted by Gasteiger charge is -2.11. The fourth-order valence-corrected chi connectivity index (χ4v) is 2.18. The van der Waals surface area contributed by atoms with Gasteiger partial charge in [-0.15, -0.1) is 0 Å². The third-order valence-corrected chi connectivity index (χ3v) is 3.04. The Labute approximate surface area is 119 Å². The van der Waals surface area contributed by atoms with Crippen molar-refractivity contribution in [2.75, 3.05) is 7.11 Å². The van der Waals surface area contributed by atoms with Gasteiger partial charge in [0, 0.05) is 11.8 Å². The van der Waals surface area contributed by atoms with Gasteiger partial charge in [0.05, 0.1) is 18.4 Å². The summed E-state index contributed by atoms with van der Waals surface area (Å²) in [6, 6.07) is 11.6. The van der Waals surface area contributed by atoms with Crippen LogP contribution in [-0.2, 0) is 11.2 Å². The predicted molar refractivity (Wildman–Crippen MR) is 79.6 cm³/mol. The van der Waals surface area contributed by atoms with Crippen molar-refractivity contribution >= 4 is 5.97 Å². The lowest BCUT2D eigenvalue weighted by atomic mass is 9.99. The van der Waals surface area contributed by atoms with Crippen molar-refractivity contribution in [2.45, 2.75) is 20.3 Å². The molecule has 2 aromatic rings. The zero-order chi connectivity index (χ0) is 14.5. The maximum absolute atomic E-state index is 12.0. The summed E-state index contributed by atoms with van der Waals surface area (Å²) >= 11 is 0. The molecular weight excluding hydrogens is 250 g/mol. The predicted octanol–water partition coefficient (Wildman–Crippen LogP) is 3.73. The molecule has 3 nitrogen and oxygen atoms in total. The zero-order valence-electron chi connectivity index (χ0n) is 12.1. The second kappa shape index (κ2) is 6.33. The SMILES string of the molecule is COC(=O)c1cc(CC(C)C)cnc1-c1ccccc1. The number of hydrogen-bond acceptors (Lipinski definition) is 3. The first-order chi connectivity index (χ1) is 9.61. The second-order valence-electron chi connectivity index (χ2n) is 5.20. The van der Waals surface area contributed by atoms with E-state index in [0.29, 0.717) is 17.2 Å². The molecule has 0 N–H and O–H groups in total. The smallest absolute Gasteiger partial charge is 0.340 e.